The number of carbonyl (C=O) groups excluding carboxylic acids is 1. The molecule has 32 heavy (non-hydrogen) atoms. The molecule has 0 saturated carbocycles. The van der Waals surface area contributed by atoms with Crippen LogP contribution in [0.25, 0.3) is 0 Å². The maximum Gasteiger partial charge on any atom is 0.416 e. The van der Waals surface area contributed by atoms with Gasteiger partial charge in [0.1, 0.15) is 6.61 Å². The summed E-state index contributed by atoms with van der Waals surface area (Å²) in [5, 5.41) is 12.9. The highest BCUT2D eigenvalue weighted by Gasteiger charge is 2.33. The Morgan fingerprint density at radius 3 is 2.41 bits per heavy atom. The highest BCUT2D eigenvalue weighted by Crippen LogP contribution is 2.43. The minimum atomic E-state index is -4.46. The first-order valence-electron chi connectivity index (χ1n) is 9.68. The van der Waals surface area contributed by atoms with Crippen LogP contribution >= 0.6 is 11.6 Å². The Hall–Kier alpha value is -3.23. The summed E-state index contributed by atoms with van der Waals surface area (Å²) in [6.07, 6.45) is -4.46. The van der Waals surface area contributed by atoms with Crippen molar-refractivity contribution in [2.45, 2.75) is 12.2 Å². The van der Waals surface area contributed by atoms with Gasteiger partial charge in [-0.3, -0.25) is 4.79 Å². The van der Waals surface area contributed by atoms with Gasteiger partial charge in [0.15, 0.2) is 5.75 Å². The Bertz CT molecular complexity index is 1140. The number of alkyl halides is 3. The summed E-state index contributed by atoms with van der Waals surface area (Å²) in [5.74, 6) is -0.246. The summed E-state index contributed by atoms with van der Waals surface area (Å²) < 4.78 is 44.1. The first-order chi connectivity index (χ1) is 15.3. The Morgan fingerprint density at radius 2 is 1.75 bits per heavy atom. The average Bonchev–Trinajstić information content (AvgIpc) is 2.78. The van der Waals surface area contributed by atoms with Crippen molar-refractivity contribution in [2.24, 2.45) is 0 Å². The summed E-state index contributed by atoms with van der Waals surface area (Å²) in [6.45, 7) is -0.0913. The van der Waals surface area contributed by atoms with E-state index in [-0.39, 0.29) is 24.5 Å². The molecule has 0 aliphatic carbocycles. The van der Waals surface area contributed by atoms with Gasteiger partial charge in [-0.2, -0.15) is 13.2 Å². The van der Waals surface area contributed by atoms with Crippen LogP contribution in [0.15, 0.2) is 66.7 Å². The normalized spacial score (nSPS) is 15.7. The van der Waals surface area contributed by atoms with Gasteiger partial charge >= 0.3 is 6.18 Å². The van der Waals surface area contributed by atoms with Gasteiger partial charge in [-0.05, 0) is 48.5 Å². The largest absolute Gasteiger partial charge is 0.488 e. The van der Waals surface area contributed by atoms with Crippen molar-refractivity contribution in [3.63, 3.8) is 0 Å². The summed E-state index contributed by atoms with van der Waals surface area (Å²) >= 11 is 6.38. The standard InChI is InChI=1S/C23H18ClF3N2O3/c24-18-5-1-2-6-19(18)29-16(12-30)13-32-21-17(4-3-7-20(21)29)22(31)28-15-10-8-14(9-11-15)23(25,26)27/h1-11,16,30H,12-13H2,(H,28,31)/t16-/m0/s1. The minimum Gasteiger partial charge on any atom is -0.488 e. The number of hydrogen-bond donors (Lipinski definition) is 2. The quantitative estimate of drug-likeness (QED) is 0.537. The van der Waals surface area contributed by atoms with Crippen LogP contribution in [-0.4, -0.2) is 30.3 Å². The number of fused-ring (bicyclic) bond motifs is 1. The summed E-state index contributed by atoms with van der Waals surface area (Å²) in [5.41, 5.74) is 0.811. The minimum absolute atomic E-state index is 0.110. The fourth-order valence-corrected chi connectivity index (χ4v) is 3.77. The molecular formula is C23H18ClF3N2O3. The van der Waals surface area contributed by atoms with E-state index in [4.69, 9.17) is 16.3 Å². The van der Waals surface area contributed by atoms with E-state index in [2.05, 4.69) is 5.32 Å². The molecule has 5 nitrogen and oxygen atoms in total. The predicted octanol–water partition coefficient (Wildman–Crippen LogP) is 5.50. The molecule has 0 fully saturated rings. The number of anilines is 3. The maximum atomic E-state index is 12.9. The van der Waals surface area contributed by atoms with Gasteiger partial charge in [0, 0.05) is 5.69 Å². The first-order valence-corrected chi connectivity index (χ1v) is 10.1. The van der Waals surface area contributed by atoms with Crippen LogP contribution in [0.1, 0.15) is 15.9 Å². The molecule has 0 spiro atoms. The third-order valence-electron chi connectivity index (χ3n) is 5.08. The van der Waals surface area contributed by atoms with Gasteiger partial charge in [-0.15, -0.1) is 0 Å². The third-order valence-corrected chi connectivity index (χ3v) is 5.40. The van der Waals surface area contributed by atoms with Crippen molar-refractivity contribution in [2.75, 3.05) is 23.4 Å². The SMILES string of the molecule is O=C(Nc1ccc(C(F)(F)F)cc1)c1cccc2c1OC[C@H](CO)N2c1ccccc1Cl. The van der Waals surface area contributed by atoms with E-state index < -0.39 is 23.7 Å². The van der Waals surface area contributed by atoms with Crippen LogP contribution in [0.2, 0.25) is 5.02 Å². The lowest BCUT2D eigenvalue weighted by Crippen LogP contribution is -2.43. The Kier molecular flexibility index (Phi) is 5.99. The van der Waals surface area contributed by atoms with E-state index in [0.717, 1.165) is 12.1 Å². The fraction of sp³-hybridized carbons (Fsp3) is 0.174. The summed E-state index contributed by atoms with van der Waals surface area (Å²) in [6, 6.07) is 15.8. The number of aliphatic hydroxyl groups excluding tert-OH is 1. The van der Waals surface area contributed by atoms with Gasteiger partial charge in [0.2, 0.25) is 0 Å². The Morgan fingerprint density at radius 1 is 1.06 bits per heavy atom. The van der Waals surface area contributed by atoms with E-state index in [1.54, 1.807) is 36.4 Å². The predicted molar refractivity (Wildman–Crippen MR) is 116 cm³/mol. The topological polar surface area (TPSA) is 61.8 Å². The highest BCUT2D eigenvalue weighted by molar-refractivity contribution is 6.33. The number of aliphatic hydroxyl groups is 1. The molecule has 0 unspecified atom stereocenters. The molecule has 2 N–H and O–H groups in total. The van der Waals surface area contributed by atoms with Crippen LogP contribution < -0.4 is 15.0 Å². The fourth-order valence-electron chi connectivity index (χ4n) is 3.54. The Labute approximate surface area is 187 Å². The van der Waals surface area contributed by atoms with Crippen molar-refractivity contribution in [3.05, 3.63) is 82.9 Å². The van der Waals surface area contributed by atoms with Crippen LogP contribution in [0, 0.1) is 0 Å². The van der Waals surface area contributed by atoms with Crippen molar-refractivity contribution in [1.82, 2.24) is 0 Å². The average molecular weight is 463 g/mol. The van der Waals surface area contributed by atoms with Crippen LogP contribution in [0.3, 0.4) is 0 Å². The molecule has 3 aromatic rings. The number of ether oxygens (including phenoxy) is 1. The number of halogens is 4. The van der Waals surface area contributed by atoms with E-state index in [9.17, 15) is 23.1 Å². The molecular weight excluding hydrogens is 445 g/mol. The van der Waals surface area contributed by atoms with Gasteiger partial charge in [-0.25, -0.2) is 0 Å². The molecule has 0 saturated heterocycles. The Balaban J connectivity index is 1.67. The molecule has 9 heteroatoms. The second kappa shape index (κ2) is 8.72. The number of amides is 1. The molecule has 0 aromatic heterocycles. The number of nitrogens with one attached hydrogen (secondary N) is 1. The third kappa shape index (κ3) is 4.24. The van der Waals surface area contributed by atoms with Crippen LogP contribution in [0.5, 0.6) is 5.75 Å². The summed E-state index contributed by atoms with van der Waals surface area (Å²) in [4.78, 5) is 14.7. The monoisotopic (exact) mass is 462 g/mol. The van der Waals surface area contributed by atoms with Crippen molar-refractivity contribution in [1.29, 1.82) is 0 Å². The zero-order valence-corrected chi connectivity index (χ0v) is 17.3. The molecule has 0 radical (unpaired) electrons. The van der Waals surface area contributed by atoms with E-state index in [1.165, 1.54) is 12.1 Å². The molecule has 0 bridgehead atoms. The molecule has 1 atom stereocenters. The zero-order valence-electron chi connectivity index (χ0n) is 16.6. The van der Waals surface area contributed by atoms with Crippen molar-refractivity contribution in [3.8, 4) is 5.75 Å². The molecule has 3 aromatic carbocycles. The van der Waals surface area contributed by atoms with E-state index in [1.807, 2.05) is 11.0 Å². The number of benzene rings is 3. The van der Waals surface area contributed by atoms with Crippen molar-refractivity contribution < 1.29 is 27.8 Å². The lowest BCUT2D eigenvalue weighted by molar-refractivity contribution is -0.137. The van der Waals surface area contributed by atoms with Gasteiger partial charge in [0.25, 0.3) is 5.91 Å². The van der Waals surface area contributed by atoms with Gasteiger partial charge in [0.05, 0.1) is 40.2 Å². The molecule has 166 valence electrons. The zero-order chi connectivity index (χ0) is 22.9. The molecule has 4 rings (SSSR count). The second-order valence-electron chi connectivity index (χ2n) is 7.15. The van der Waals surface area contributed by atoms with Crippen molar-refractivity contribution >= 4 is 34.6 Å². The van der Waals surface area contributed by atoms with Crippen LogP contribution in [-0.2, 0) is 6.18 Å². The number of rotatable bonds is 4. The summed E-state index contributed by atoms with van der Waals surface area (Å²) in [7, 11) is 0. The second-order valence-corrected chi connectivity index (χ2v) is 7.56. The van der Waals surface area contributed by atoms with Crippen LogP contribution in [0.4, 0.5) is 30.2 Å². The van der Waals surface area contributed by atoms with E-state index in [0.29, 0.717) is 22.1 Å². The lowest BCUT2D eigenvalue weighted by Gasteiger charge is -2.38. The number of hydrogen-bond acceptors (Lipinski definition) is 4. The number of carbonyl (C=O) groups is 1. The maximum absolute atomic E-state index is 12.9. The lowest BCUT2D eigenvalue weighted by atomic mass is 10.1. The molecule has 1 heterocycles. The number of para-hydroxylation sites is 2. The molecule has 1 amide bonds. The first kappa shape index (κ1) is 22.0. The number of nitrogens with zero attached hydrogens (tertiary/aromatic N) is 1. The molecule has 1 aliphatic heterocycles. The van der Waals surface area contributed by atoms with Gasteiger partial charge < -0.3 is 20.1 Å². The van der Waals surface area contributed by atoms with E-state index >= 15 is 0 Å². The molecule has 1 aliphatic rings. The smallest absolute Gasteiger partial charge is 0.416 e. The highest BCUT2D eigenvalue weighted by atomic mass is 35.5. The van der Waals surface area contributed by atoms with Gasteiger partial charge in [-0.1, -0.05) is 29.8 Å².